The summed E-state index contributed by atoms with van der Waals surface area (Å²) in [6, 6.07) is 8.66. The van der Waals surface area contributed by atoms with E-state index in [-0.39, 0.29) is 5.41 Å². The number of benzene rings is 1. The first-order valence-corrected chi connectivity index (χ1v) is 7.83. The van der Waals surface area contributed by atoms with Crippen LogP contribution < -0.4 is 4.74 Å². The zero-order valence-corrected chi connectivity index (χ0v) is 14.4. The second-order valence-corrected chi connectivity index (χ2v) is 8.18. The first-order chi connectivity index (χ1) is 9.10. The minimum Gasteiger partial charge on any atom is -0.494 e. The van der Waals surface area contributed by atoms with Crippen LogP contribution in [-0.2, 0) is 5.41 Å². The quantitative estimate of drug-likeness (QED) is 0.635. The molecule has 1 nitrogen and oxygen atoms in total. The third kappa shape index (κ3) is 5.98. The molecule has 0 fully saturated rings. The van der Waals surface area contributed by atoms with Gasteiger partial charge in [-0.3, -0.25) is 0 Å². The number of rotatable bonds is 6. The average Bonchev–Trinajstić information content (AvgIpc) is 2.26. The summed E-state index contributed by atoms with van der Waals surface area (Å²) in [5.74, 6) is 1.68. The fraction of sp³-hybridized carbons (Fsp3) is 0.684. The van der Waals surface area contributed by atoms with Crippen LogP contribution >= 0.6 is 0 Å². The van der Waals surface area contributed by atoms with Gasteiger partial charge in [0, 0.05) is 0 Å². The molecule has 1 rings (SSSR count). The molecule has 1 aromatic rings. The summed E-state index contributed by atoms with van der Waals surface area (Å²) in [7, 11) is 0. The lowest BCUT2D eigenvalue weighted by atomic mass is 9.72. The molecule has 1 heteroatoms. The molecule has 1 aromatic carbocycles. The number of hydrogen-bond donors (Lipinski definition) is 0. The van der Waals surface area contributed by atoms with Crippen molar-refractivity contribution in [3.63, 3.8) is 0 Å². The summed E-state index contributed by atoms with van der Waals surface area (Å²) in [6.45, 7) is 16.8. The zero-order valence-electron chi connectivity index (χ0n) is 14.4. The Labute approximate surface area is 125 Å². The van der Waals surface area contributed by atoms with Crippen LogP contribution in [0.4, 0.5) is 0 Å². The summed E-state index contributed by atoms with van der Waals surface area (Å²) in [6.07, 6.45) is 2.28. The maximum atomic E-state index is 5.79. The van der Waals surface area contributed by atoms with Gasteiger partial charge in [0.25, 0.3) is 0 Å². The topological polar surface area (TPSA) is 9.23 Å². The van der Waals surface area contributed by atoms with Crippen LogP contribution in [0.1, 0.15) is 66.9 Å². The van der Waals surface area contributed by atoms with Crippen molar-refractivity contribution in [2.24, 2.45) is 11.3 Å². The Morgan fingerprint density at radius 1 is 0.950 bits per heavy atom. The van der Waals surface area contributed by atoms with Crippen LogP contribution in [0.2, 0.25) is 0 Å². The minimum atomic E-state index is 0.203. The van der Waals surface area contributed by atoms with Crippen LogP contribution in [-0.4, -0.2) is 6.61 Å². The fourth-order valence-corrected chi connectivity index (χ4v) is 2.84. The predicted molar refractivity (Wildman–Crippen MR) is 88.5 cm³/mol. The van der Waals surface area contributed by atoms with Crippen LogP contribution in [0.5, 0.6) is 5.75 Å². The lowest BCUT2D eigenvalue weighted by Crippen LogP contribution is -2.24. The molecule has 0 saturated heterocycles. The number of ether oxygens (including phenoxy) is 1. The molecular weight excluding hydrogens is 244 g/mol. The molecule has 0 aliphatic carbocycles. The van der Waals surface area contributed by atoms with Gasteiger partial charge in [-0.05, 0) is 47.3 Å². The van der Waals surface area contributed by atoms with Crippen molar-refractivity contribution in [1.82, 2.24) is 0 Å². The van der Waals surface area contributed by atoms with E-state index in [1.54, 1.807) is 0 Å². The Kier molecular flexibility index (Phi) is 5.68. The van der Waals surface area contributed by atoms with Gasteiger partial charge in [-0.2, -0.15) is 0 Å². The minimum absolute atomic E-state index is 0.203. The molecule has 0 aliphatic rings. The van der Waals surface area contributed by atoms with Crippen molar-refractivity contribution in [3.05, 3.63) is 29.8 Å². The molecule has 0 N–H and O–H groups in total. The van der Waals surface area contributed by atoms with Gasteiger partial charge in [-0.1, -0.05) is 60.6 Å². The van der Waals surface area contributed by atoms with Gasteiger partial charge in [-0.25, -0.2) is 0 Å². The standard InChI is InChI=1S/C19H32O/c1-15(2)12-13-20-17-10-8-16(9-11-17)19(6,7)14-18(3,4)5/h8-11,15H,12-14H2,1-7H3. The Hall–Kier alpha value is -0.980. The normalized spacial score (nSPS) is 12.8. The van der Waals surface area contributed by atoms with Crippen molar-refractivity contribution >= 4 is 0 Å². The van der Waals surface area contributed by atoms with Gasteiger partial charge < -0.3 is 4.74 Å². The fourth-order valence-electron chi connectivity index (χ4n) is 2.84. The van der Waals surface area contributed by atoms with E-state index in [4.69, 9.17) is 4.74 Å². The van der Waals surface area contributed by atoms with Crippen molar-refractivity contribution in [2.45, 2.75) is 66.7 Å². The largest absolute Gasteiger partial charge is 0.494 e. The van der Waals surface area contributed by atoms with E-state index in [1.807, 2.05) is 0 Å². The van der Waals surface area contributed by atoms with Crippen LogP contribution in [0.25, 0.3) is 0 Å². The number of hydrogen-bond acceptors (Lipinski definition) is 1. The highest BCUT2D eigenvalue weighted by molar-refractivity contribution is 5.31. The van der Waals surface area contributed by atoms with Crippen molar-refractivity contribution in [1.29, 1.82) is 0 Å². The highest BCUT2D eigenvalue weighted by Gasteiger charge is 2.27. The van der Waals surface area contributed by atoms with E-state index >= 15 is 0 Å². The molecule has 0 atom stereocenters. The maximum absolute atomic E-state index is 5.79. The monoisotopic (exact) mass is 276 g/mol. The van der Waals surface area contributed by atoms with Crippen LogP contribution in [0.3, 0.4) is 0 Å². The highest BCUT2D eigenvalue weighted by Crippen LogP contribution is 2.36. The Bertz CT molecular complexity index is 393. The maximum Gasteiger partial charge on any atom is 0.119 e. The third-order valence-corrected chi connectivity index (χ3v) is 3.57. The lowest BCUT2D eigenvalue weighted by molar-refractivity contribution is 0.281. The van der Waals surface area contributed by atoms with Crippen LogP contribution in [0.15, 0.2) is 24.3 Å². The lowest BCUT2D eigenvalue weighted by Gasteiger charge is -2.33. The predicted octanol–water partition coefficient (Wildman–Crippen LogP) is 5.83. The summed E-state index contributed by atoms with van der Waals surface area (Å²) >= 11 is 0. The van der Waals surface area contributed by atoms with Crippen molar-refractivity contribution in [2.75, 3.05) is 6.61 Å². The van der Waals surface area contributed by atoms with E-state index in [2.05, 4.69) is 72.7 Å². The first kappa shape index (κ1) is 17.1. The first-order valence-electron chi connectivity index (χ1n) is 7.83. The average molecular weight is 276 g/mol. The van der Waals surface area contributed by atoms with Gasteiger partial charge in [0.1, 0.15) is 5.75 Å². The molecule has 0 spiro atoms. The smallest absolute Gasteiger partial charge is 0.119 e. The second-order valence-electron chi connectivity index (χ2n) is 8.18. The van der Waals surface area contributed by atoms with E-state index in [1.165, 1.54) is 12.0 Å². The molecule has 0 amide bonds. The molecule has 0 aliphatic heterocycles. The summed E-state index contributed by atoms with van der Waals surface area (Å²) in [4.78, 5) is 0. The van der Waals surface area contributed by atoms with Gasteiger partial charge in [0.15, 0.2) is 0 Å². The van der Waals surface area contributed by atoms with Gasteiger partial charge >= 0.3 is 0 Å². The summed E-state index contributed by atoms with van der Waals surface area (Å²) in [5, 5.41) is 0. The highest BCUT2D eigenvalue weighted by atomic mass is 16.5. The van der Waals surface area contributed by atoms with E-state index < -0.39 is 0 Å². The molecule has 114 valence electrons. The van der Waals surface area contributed by atoms with Gasteiger partial charge in [0.2, 0.25) is 0 Å². The molecule has 20 heavy (non-hydrogen) atoms. The summed E-state index contributed by atoms with van der Waals surface area (Å²) in [5.41, 5.74) is 1.94. The Balaban J connectivity index is 2.66. The Morgan fingerprint density at radius 2 is 1.50 bits per heavy atom. The van der Waals surface area contributed by atoms with Crippen molar-refractivity contribution < 1.29 is 4.74 Å². The molecule has 0 saturated carbocycles. The van der Waals surface area contributed by atoms with Gasteiger partial charge in [-0.15, -0.1) is 0 Å². The van der Waals surface area contributed by atoms with E-state index in [9.17, 15) is 0 Å². The van der Waals surface area contributed by atoms with E-state index in [0.717, 1.165) is 18.8 Å². The van der Waals surface area contributed by atoms with Crippen molar-refractivity contribution in [3.8, 4) is 5.75 Å². The van der Waals surface area contributed by atoms with Gasteiger partial charge in [0.05, 0.1) is 6.61 Å². The molecule has 0 heterocycles. The zero-order chi connectivity index (χ0) is 15.4. The summed E-state index contributed by atoms with van der Waals surface area (Å²) < 4.78 is 5.79. The molecular formula is C19H32O. The second kappa shape index (κ2) is 6.65. The van der Waals surface area contributed by atoms with E-state index in [0.29, 0.717) is 11.3 Å². The third-order valence-electron chi connectivity index (χ3n) is 3.57. The SMILES string of the molecule is CC(C)CCOc1ccc(C(C)(C)CC(C)(C)C)cc1. The van der Waals surface area contributed by atoms with Crippen LogP contribution in [0, 0.1) is 11.3 Å². The molecule has 0 bridgehead atoms. The Morgan fingerprint density at radius 3 is 1.95 bits per heavy atom. The molecule has 0 radical (unpaired) electrons. The molecule has 0 aromatic heterocycles. The molecule has 0 unspecified atom stereocenters.